The number of urea groups is 1. The minimum atomic E-state index is -1.24. The van der Waals surface area contributed by atoms with Gasteiger partial charge in [0, 0.05) is 17.4 Å². The number of benzene rings is 1. The lowest BCUT2D eigenvalue weighted by molar-refractivity contribution is -0.147. The number of H-pyrrole nitrogens is 1. The molecule has 1 aromatic heterocycles. The number of carboxylic acids is 1. The third-order valence-electron chi connectivity index (χ3n) is 5.54. The molecule has 0 saturated carbocycles. The number of aliphatic carboxylic acids is 1. The number of methoxy groups -OCH3 is 1. The van der Waals surface area contributed by atoms with Gasteiger partial charge >= 0.3 is 12.0 Å². The Morgan fingerprint density at radius 3 is 2.77 bits per heavy atom. The normalized spacial score (nSPS) is 23.2. The van der Waals surface area contributed by atoms with Crippen LogP contribution in [0.3, 0.4) is 0 Å². The fraction of sp³-hybridized carbons (Fsp3) is 0.389. The van der Waals surface area contributed by atoms with Gasteiger partial charge in [0.05, 0.1) is 12.8 Å². The predicted molar refractivity (Wildman–Crippen MR) is 92.0 cm³/mol. The van der Waals surface area contributed by atoms with Gasteiger partial charge in [0.1, 0.15) is 11.8 Å². The van der Waals surface area contributed by atoms with Crippen LogP contribution in [-0.4, -0.2) is 57.5 Å². The number of nitrogens with zero attached hydrogens (tertiary/aromatic N) is 2. The van der Waals surface area contributed by atoms with E-state index in [0.29, 0.717) is 24.4 Å². The summed E-state index contributed by atoms with van der Waals surface area (Å²) in [5.74, 6) is -1.02. The van der Waals surface area contributed by atoms with E-state index in [1.165, 1.54) is 11.8 Å². The van der Waals surface area contributed by atoms with Gasteiger partial charge in [0.2, 0.25) is 0 Å². The summed E-state index contributed by atoms with van der Waals surface area (Å²) in [6.07, 6.45) is 0.576. The van der Waals surface area contributed by atoms with Crippen molar-refractivity contribution in [1.29, 1.82) is 0 Å². The van der Waals surface area contributed by atoms with Crippen LogP contribution in [0.1, 0.15) is 25.1 Å². The van der Waals surface area contributed by atoms with Crippen molar-refractivity contribution in [1.82, 2.24) is 14.8 Å². The highest BCUT2D eigenvalue weighted by Gasteiger charge is 2.60. The minimum absolute atomic E-state index is 0.348. The number of carbonyl (C=O) groups excluding carboxylic acids is 2. The number of hydrogen-bond acceptors (Lipinski definition) is 4. The fourth-order valence-corrected chi connectivity index (χ4v) is 4.02. The van der Waals surface area contributed by atoms with E-state index < -0.39 is 29.5 Å². The van der Waals surface area contributed by atoms with Gasteiger partial charge in [-0.05, 0) is 44.0 Å². The molecular formula is C18H19N3O5. The second-order valence-electron chi connectivity index (χ2n) is 6.84. The zero-order valence-corrected chi connectivity index (χ0v) is 14.7. The third-order valence-corrected chi connectivity index (χ3v) is 5.54. The van der Waals surface area contributed by atoms with E-state index in [2.05, 4.69) is 4.98 Å². The molecule has 0 radical (unpaired) electrons. The maximum Gasteiger partial charge on any atom is 0.328 e. The number of fused-ring (bicyclic) bond motifs is 5. The smallest absolute Gasteiger partial charge is 0.328 e. The molecule has 1 aromatic carbocycles. The number of rotatable bonds is 3. The summed E-state index contributed by atoms with van der Waals surface area (Å²) in [5, 5.41) is 10.2. The van der Waals surface area contributed by atoms with Crippen molar-refractivity contribution in [3.05, 3.63) is 29.5 Å². The molecule has 2 aliphatic heterocycles. The molecule has 26 heavy (non-hydrogen) atoms. The number of carbonyl (C=O) groups is 3. The Balaban J connectivity index is 1.89. The van der Waals surface area contributed by atoms with Gasteiger partial charge < -0.3 is 19.7 Å². The maximum atomic E-state index is 13.1. The number of ether oxygens (including phenoxy) is 1. The Bertz CT molecular complexity index is 965. The second-order valence-corrected chi connectivity index (χ2v) is 6.84. The Labute approximate surface area is 149 Å². The second kappa shape index (κ2) is 5.23. The number of hydrogen-bond donors (Lipinski definition) is 2. The fourth-order valence-electron chi connectivity index (χ4n) is 4.02. The highest BCUT2D eigenvalue weighted by Crippen LogP contribution is 2.44. The van der Waals surface area contributed by atoms with E-state index in [9.17, 15) is 19.5 Å². The quantitative estimate of drug-likeness (QED) is 0.814. The van der Waals surface area contributed by atoms with Gasteiger partial charge in [-0.1, -0.05) is 0 Å². The van der Waals surface area contributed by atoms with Crippen molar-refractivity contribution in [3.63, 3.8) is 0 Å². The summed E-state index contributed by atoms with van der Waals surface area (Å²) in [6.45, 7) is 3.37. The van der Waals surface area contributed by atoms with Crippen LogP contribution in [0.5, 0.6) is 5.75 Å². The Hall–Kier alpha value is -3.03. The first-order chi connectivity index (χ1) is 12.3. The van der Waals surface area contributed by atoms with Crippen molar-refractivity contribution in [2.75, 3.05) is 13.7 Å². The van der Waals surface area contributed by atoms with Crippen molar-refractivity contribution < 1.29 is 24.2 Å². The van der Waals surface area contributed by atoms with Crippen LogP contribution in [0.4, 0.5) is 4.79 Å². The average Bonchev–Trinajstić information content (AvgIpc) is 3.08. The average molecular weight is 357 g/mol. The van der Waals surface area contributed by atoms with Gasteiger partial charge in [0.15, 0.2) is 5.54 Å². The van der Waals surface area contributed by atoms with E-state index in [1.54, 1.807) is 14.0 Å². The third kappa shape index (κ3) is 1.86. The monoisotopic (exact) mass is 357 g/mol. The molecule has 136 valence electrons. The highest BCUT2D eigenvalue weighted by molar-refractivity contribution is 6.10. The largest absolute Gasteiger partial charge is 0.497 e. The van der Waals surface area contributed by atoms with Crippen LogP contribution in [0.2, 0.25) is 0 Å². The first kappa shape index (κ1) is 16.4. The Morgan fingerprint density at radius 2 is 2.12 bits per heavy atom. The summed E-state index contributed by atoms with van der Waals surface area (Å²) in [5.41, 5.74) is 1.22. The molecule has 0 bridgehead atoms. The van der Waals surface area contributed by atoms with Crippen LogP contribution in [0.15, 0.2) is 18.2 Å². The topological polar surface area (TPSA) is 103 Å². The molecular weight excluding hydrogens is 338 g/mol. The molecule has 1 fully saturated rings. The maximum absolute atomic E-state index is 13.1. The summed E-state index contributed by atoms with van der Waals surface area (Å²) < 4.78 is 5.29. The number of imide groups is 1. The number of aromatic nitrogens is 1. The van der Waals surface area contributed by atoms with E-state index in [0.717, 1.165) is 21.4 Å². The molecule has 2 aliphatic rings. The zero-order chi connectivity index (χ0) is 18.8. The molecule has 1 saturated heterocycles. The van der Waals surface area contributed by atoms with Gasteiger partial charge in [-0.25, -0.2) is 14.5 Å². The van der Waals surface area contributed by atoms with Crippen LogP contribution in [-0.2, 0) is 21.5 Å². The van der Waals surface area contributed by atoms with Crippen LogP contribution >= 0.6 is 0 Å². The number of aromatic amines is 1. The molecule has 2 aromatic rings. The molecule has 8 nitrogen and oxygen atoms in total. The summed E-state index contributed by atoms with van der Waals surface area (Å²) in [4.78, 5) is 42.8. The van der Waals surface area contributed by atoms with Gasteiger partial charge in [-0.3, -0.25) is 4.79 Å². The lowest BCUT2D eigenvalue weighted by Crippen LogP contribution is -2.49. The van der Waals surface area contributed by atoms with E-state index in [-0.39, 0.29) is 0 Å². The summed E-state index contributed by atoms with van der Waals surface area (Å²) in [7, 11) is 1.59. The lowest BCUT2D eigenvalue weighted by atomic mass is 9.87. The van der Waals surface area contributed by atoms with Crippen LogP contribution < -0.4 is 4.74 Å². The summed E-state index contributed by atoms with van der Waals surface area (Å²) >= 11 is 0. The van der Waals surface area contributed by atoms with Gasteiger partial charge in [-0.2, -0.15) is 0 Å². The molecule has 2 atom stereocenters. The Kier molecular flexibility index (Phi) is 3.31. The van der Waals surface area contributed by atoms with Crippen molar-refractivity contribution in [3.8, 4) is 5.75 Å². The number of carboxylic acid groups (broad SMARTS) is 1. The van der Waals surface area contributed by atoms with Crippen LogP contribution in [0, 0.1) is 0 Å². The molecule has 0 aliphatic carbocycles. The molecule has 3 amide bonds. The Morgan fingerprint density at radius 1 is 1.38 bits per heavy atom. The molecule has 4 rings (SSSR count). The first-order valence-electron chi connectivity index (χ1n) is 8.37. The molecule has 8 heteroatoms. The van der Waals surface area contributed by atoms with E-state index in [4.69, 9.17) is 4.74 Å². The summed E-state index contributed by atoms with van der Waals surface area (Å²) in [6, 6.07) is 3.83. The van der Waals surface area contributed by atoms with Crippen LogP contribution in [0.25, 0.3) is 10.9 Å². The van der Waals surface area contributed by atoms with Crippen molar-refractivity contribution in [2.24, 2.45) is 0 Å². The van der Waals surface area contributed by atoms with E-state index >= 15 is 0 Å². The van der Waals surface area contributed by atoms with E-state index in [1.807, 2.05) is 18.2 Å². The van der Waals surface area contributed by atoms with Gasteiger partial charge in [-0.15, -0.1) is 0 Å². The number of nitrogens with one attached hydrogen (secondary N) is 1. The highest BCUT2D eigenvalue weighted by atomic mass is 16.5. The SMILES string of the molecule is COc1ccc2[nH]c3c(c2c1)CCN1C(=O)N(C(C)C(=O)O)C(=O)C31C. The molecule has 2 N–H and O–H groups in total. The zero-order valence-electron chi connectivity index (χ0n) is 14.7. The van der Waals surface area contributed by atoms with Crippen molar-refractivity contribution >= 4 is 28.8 Å². The standard InChI is InChI=1S/C18H19N3O5/c1-9(15(22)23)21-16(24)18(2)14-11(6-7-20(18)17(21)25)12-8-10(26-3)4-5-13(12)19-14/h4-5,8-9,19H,6-7H2,1-3H3,(H,22,23). The lowest BCUT2D eigenvalue weighted by Gasteiger charge is -2.36. The molecule has 2 unspecified atom stereocenters. The molecule has 3 heterocycles. The van der Waals surface area contributed by atoms with Gasteiger partial charge in [0.25, 0.3) is 5.91 Å². The number of amides is 3. The predicted octanol–water partition coefficient (Wildman–Crippen LogP) is 1.69. The molecule has 0 spiro atoms. The minimum Gasteiger partial charge on any atom is -0.497 e. The first-order valence-corrected chi connectivity index (χ1v) is 8.37. The van der Waals surface area contributed by atoms with Crippen molar-refractivity contribution in [2.45, 2.75) is 31.8 Å².